The van der Waals surface area contributed by atoms with E-state index >= 15 is 0 Å². The maximum Gasteiger partial charge on any atom is 0.410 e. The zero-order valence-electron chi connectivity index (χ0n) is 16.2. The van der Waals surface area contributed by atoms with Crippen molar-refractivity contribution in [1.82, 2.24) is 9.80 Å². The van der Waals surface area contributed by atoms with E-state index in [2.05, 4.69) is 18.7 Å². The van der Waals surface area contributed by atoms with Crippen LogP contribution in [-0.2, 0) is 16.1 Å². The van der Waals surface area contributed by atoms with Crippen LogP contribution < -0.4 is 0 Å². The minimum Gasteiger partial charge on any atom is -0.481 e. The Morgan fingerprint density at radius 2 is 1.70 bits per heavy atom. The minimum atomic E-state index is -0.835. The fraction of sp³-hybridized carbons (Fsp3) is 0.619. The number of carbonyl (C=O) groups excluding carboxylic acids is 1. The summed E-state index contributed by atoms with van der Waals surface area (Å²) in [4.78, 5) is 28.2. The average Bonchev–Trinajstić information content (AvgIpc) is 2.65. The third kappa shape index (κ3) is 5.22. The Labute approximate surface area is 161 Å². The Hall–Kier alpha value is -2.08. The van der Waals surface area contributed by atoms with Crippen molar-refractivity contribution in [2.75, 3.05) is 26.2 Å². The Balaban J connectivity index is 1.65. The number of aliphatic carboxylic acids is 1. The fourth-order valence-corrected chi connectivity index (χ4v) is 4.48. The van der Waals surface area contributed by atoms with E-state index < -0.39 is 18.0 Å². The smallest absolute Gasteiger partial charge is 0.410 e. The molecule has 148 valence electrons. The first-order valence-corrected chi connectivity index (χ1v) is 9.84. The number of hydrogen-bond acceptors (Lipinski definition) is 4. The summed E-state index contributed by atoms with van der Waals surface area (Å²) in [7, 11) is 0. The molecule has 0 spiro atoms. The van der Waals surface area contributed by atoms with Crippen molar-refractivity contribution in [3.05, 3.63) is 35.9 Å². The van der Waals surface area contributed by atoms with Crippen LogP contribution in [0.25, 0.3) is 0 Å². The first kappa shape index (κ1) is 19.7. The summed E-state index contributed by atoms with van der Waals surface area (Å²) in [6.07, 6.45) is 1.37. The summed E-state index contributed by atoms with van der Waals surface area (Å²) >= 11 is 0. The predicted molar refractivity (Wildman–Crippen MR) is 102 cm³/mol. The number of nitrogens with zero attached hydrogens (tertiary/aromatic N) is 2. The second-order valence-electron chi connectivity index (χ2n) is 8.27. The monoisotopic (exact) mass is 374 g/mol. The number of benzene rings is 1. The van der Waals surface area contributed by atoms with Crippen LogP contribution in [0.3, 0.4) is 0 Å². The van der Waals surface area contributed by atoms with Crippen molar-refractivity contribution in [1.29, 1.82) is 0 Å². The van der Waals surface area contributed by atoms with Crippen LogP contribution in [0, 0.1) is 17.8 Å². The molecule has 4 atom stereocenters. The van der Waals surface area contributed by atoms with Crippen LogP contribution >= 0.6 is 0 Å². The highest BCUT2D eigenvalue weighted by molar-refractivity contribution is 5.73. The zero-order chi connectivity index (χ0) is 19.4. The molecule has 0 aliphatic carbocycles. The molecule has 0 bridgehead atoms. The predicted octanol–water partition coefficient (Wildman–Crippen LogP) is 3.08. The second kappa shape index (κ2) is 8.74. The number of carboxylic acids is 1. The molecule has 1 N–H and O–H groups in total. The molecule has 2 fully saturated rings. The van der Waals surface area contributed by atoms with E-state index in [0.717, 1.165) is 18.7 Å². The summed E-state index contributed by atoms with van der Waals surface area (Å²) < 4.78 is 5.45. The third-order valence-corrected chi connectivity index (χ3v) is 5.65. The Kier molecular flexibility index (Phi) is 6.37. The number of likely N-dealkylation sites (tertiary alicyclic amines) is 2. The van der Waals surface area contributed by atoms with Crippen LogP contribution in [0.5, 0.6) is 0 Å². The number of hydrogen-bond donors (Lipinski definition) is 1. The molecule has 0 aromatic heterocycles. The SMILES string of the molecule is CC1CC(C)CN(C2CC(C(=O)O)CN(C(=O)OCc3ccccc3)C2)C1. The van der Waals surface area contributed by atoms with Gasteiger partial charge in [0.25, 0.3) is 0 Å². The van der Waals surface area contributed by atoms with Crippen LogP contribution in [0.2, 0.25) is 0 Å². The van der Waals surface area contributed by atoms with Gasteiger partial charge in [0.05, 0.1) is 5.92 Å². The van der Waals surface area contributed by atoms with E-state index in [0.29, 0.717) is 24.8 Å². The van der Waals surface area contributed by atoms with Gasteiger partial charge in [-0.05, 0) is 30.2 Å². The Bertz CT molecular complexity index is 641. The molecule has 1 amide bonds. The molecular weight excluding hydrogens is 344 g/mol. The Morgan fingerprint density at radius 3 is 2.33 bits per heavy atom. The van der Waals surface area contributed by atoms with Gasteiger partial charge in [-0.25, -0.2) is 4.79 Å². The van der Waals surface area contributed by atoms with Crippen LogP contribution in [0.1, 0.15) is 32.3 Å². The van der Waals surface area contributed by atoms with E-state index in [-0.39, 0.29) is 19.2 Å². The molecule has 27 heavy (non-hydrogen) atoms. The van der Waals surface area contributed by atoms with E-state index in [1.165, 1.54) is 6.42 Å². The summed E-state index contributed by atoms with van der Waals surface area (Å²) in [5.41, 5.74) is 0.924. The molecule has 0 saturated carbocycles. The van der Waals surface area contributed by atoms with Gasteiger partial charge in [-0.15, -0.1) is 0 Å². The van der Waals surface area contributed by atoms with Gasteiger partial charge in [0.15, 0.2) is 0 Å². The standard InChI is InChI=1S/C21H30N2O4/c1-15-8-16(2)11-22(10-15)19-9-18(20(24)25)12-23(13-19)21(26)27-14-17-6-4-3-5-7-17/h3-7,15-16,18-19H,8-14H2,1-2H3,(H,24,25). The van der Waals surface area contributed by atoms with Crippen LogP contribution in [0.15, 0.2) is 30.3 Å². The molecule has 3 rings (SSSR count). The number of rotatable bonds is 4. The van der Waals surface area contributed by atoms with E-state index in [1.807, 2.05) is 30.3 Å². The summed E-state index contributed by atoms with van der Waals surface area (Å²) in [6, 6.07) is 9.61. The second-order valence-corrected chi connectivity index (χ2v) is 8.27. The summed E-state index contributed by atoms with van der Waals surface area (Å²) in [6.45, 7) is 7.38. The van der Waals surface area contributed by atoms with Crippen molar-refractivity contribution >= 4 is 12.1 Å². The maximum absolute atomic E-state index is 12.6. The minimum absolute atomic E-state index is 0.0781. The highest BCUT2D eigenvalue weighted by atomic mass is 16.6. The lowest BCUT2D eigenvalue weighted by Crippen LogP contribution is -2.56. The van der Waals surface area contributed by atoms with Gasteiger partial charge in [-0.1, -0.05) is 44.2 Å². The Morgan fingerprint density at radius 1 is 1.04 bits per heavy atom. The van der Waals surface area contributed by atoms with Crippen molar-refractivity contribution in [3.8, 4) is 0 Å². The van der Waals surface area contributed by atoms with Gasteiger partial charge >= 0.3 is 12.1 Å². The third-order valence-electron chi connectivity index (χ3n) is 5.65. The molecule has 2 aliphatic heterocycles. The molecule has 6 nitrogen and oxygen atoms in total. The van der Waals surface area contributed by atoms with Gasteiger partial charge in [0.1, 0.15) is 6.61 Å². The molecule has 0 radical (unpaired) electrons. The highest BCUT2D eigenvalue weighted by Gasteiger charge is 2.38. The van der Waals surface area contributed by atoms with E-state index in [9.17, 15) is 14.7 Å². The summed E-state index contributed by atoms with van der Waals surface area (Å²) in [5, 5.41) is 9.57. The van der Waals surface area contributed by atoms with Crippen molar-refractivity contribution in [3.63, 3.8) is 0 Å². The lowest BCUT2D eigenvalue weighted by Gasteiger charge is -2.45. The maximum atomic E-state index is 12.6. The molecule has 1 aromatic rings. The number of amides is 1. The molecule has 2 aliphatic rings. The molecule has 6 heteroatoms. The van der Waals surface area contributed by atoms with E-state index in [4.69, 9.17) is 4.74 Å². The van der Waals surface area contributed by atoms with Gasteiger partial charge in [-0.3, -0.25) is 9.69 Å². The van der Waals surface area contributed by atoms with Gasteiger partial charge < -0.3 is 14.7 Å². The molecule has 2 heterocycles. The van der Waals surface area contributed by atoms with Crippen molar-refractivity contribution in [2.24, 2.45) is 17.8 Å². The number of piperidine rings is 2. The van der Waals surface area contributed by atoms with Crippen molar-refractivity contribution in [2.45, 2.75) is 39.3 Å². The quantitative estimate of drug-likeness (QED) is 0.877. The van der Waals surface area contributed by atoms with Crippen LogP contribution in [0.4, 0.5) is 4.79 Å². The van der Waals surface area contributed by atoms with Crippen LogP contribution in [-0.4, -0.2) is 59.2 Å². The molecule has 4 unspecified atom stereocenters. The van der Waals surface area contributed by atoms with E-state index in [1.54, 1.807) is 4.90 Å². The average molecular weight is 374 g/mol. The fourth-order valence-electron chi connectivity index (χ4n) is 4.48. The normalized spacial score (nSPS) is 29.3. The molecule has 2 saturated heterocycles. The lowest BCUT2D eigenvalue weighted by molar-refractivity contribution is -0.144. The number of ether oxygens (including phenoxy) is 1. The zero-order valence-corrected chi connectivity index (χ0v) is 16.2. The number of carbonyl (C=O) groups is 2. The number of carboxylic acid groups (broad SMARTS) is 1. The summed E-state index contributed by atoms with van der Waals surface area (Å²) in [5.74, 6) is -0.186. The largest absolute Gasteiger partial charge is 0.481 e. The topological polar surface area (TPSA) is 70.1 Å². The first-order chi connectivity index (χ1) is 12.9. The lowest BCUT2D eigenvalue weighted by atomic mass is 9.87. The van der Waals surface area contributed by atoms with Gasteiger partial charge in [0.2, 0.25) is 0 Å². The van der Waals surface area contributed by atoms with Gasteiger partial charge in [0, 0.05) is 32.2 Å². The molecular formula is C21H30N2O4. The highest BCUT2D eigenvalue weighted by Crippen LogP contribution is 2.28. The first-order valence-electron chi connectivity index (χ1n) is 9.84. The molecule has 1 aromatic carbocycles. The van der Waals surface area contributed by atoms with Crippen molar-refractivity contribution < 1.29 is 19.4 Å². The van der Waals surface area contributed by atoms with Gasteiger partial charge in [-0.2, -0.15) is 0 Å².